The van der Waals surface area contributed by atoms with Gasteiger partial charge in [0.1, 0.15) is 5.82 Å². The van der Waals surface area contributed by atoms with Crippen molar-refractivity contribution in [3.05, 3.63) is 51.1 Å². The number of aromatic nitrogens is 2. The number of carbonyl (C=O) groups is 1. The summed E-state index contributed by atoms with van der Waals surface area (Å²) in [5.41, 5.74) is 1.63. The molecule has 5 nitrogen and oxygen atoms in total. The molecule has 26 heavy (non-hydrogen) atoms. The number of thiophene rings is 1. The summed E-state index contributed by atoms with van der Waals surface area (Å²) >= 11 is 4.87. The predicted octanol–water partition coefficient (Wildman–Crippen LogP) is 3.46. The Kier molecular flexibility index (Phi) is 5.06. The van der Waals surface area contributed by atoms with Crippen molar-refractivity contribution >= 4 is 44.2 Å². The van der Waals surface area contributed by atoms with Gasteiger partial charge in [-0.3, -0.25) is 9.69 Å². The summed E-state index contributed by atoms with van der Waals surface area (Å²) in [6.45, 7) is 4.89. The molecule has 0 saturated carbocycles. The van der Waals surface area contributed by atoms with Crippen LogP contribution in [-0.4, -0.2) is 58.0 Å². The molecule has 1 aliphatic heterocycles. The van der Waals surface area contributed by atoms with Crippen LogP contribution in [-0.2, 0) is 6.54 Å². The van der Waals surface area contributed by atoms with E-state index in [9.17, 15) is 9.18 Å². The summed E-state index contributed by atoms with van der Waals surface area (Å²) in [6, 6.07) is 6.58. The fourth-order valence-electron chi connectivity index (χ4n) is 3.22. The van der Waals surface area contributed by atoms with Crippen molar-refractivity contribution < 1.29 is 9.18 Å². The highest BCUT2D eigenvalue weighted by atomic mass is 79.9. The maximum Gasteiger partial charge on any atom is 0.264 e. The summed E-state index contributed by atoms with van der Waals surface area (Å²) in [7, 11) is 0. The number of imidazole rings is 1. The first-order valence-corrected chi connectivity index (χ1v) is 10.1. The third-order valence-corrected chi connectivity index (χ3v) is 6.36. The van der Waals surface area contributed by atoms with E-state index < -0.39 is 0 Å². The van der Waals surface area contributed by atoms with Crippen LogP contribution in [0.15, 0.2) is 40.4 Å². The van der Waals surface area contributed by atoms with Crippen molar-refractivity contribution in [1.29, 1.82) is 0 Å². The van der Waals surface area contributed by atoms with Gasteiger partial charge in [0.05, 0.1) is 22.2 Å². The minimum Gasteiger partial charge on any atom is -0.335 e. The molecule has 0 N–H and O–H groups in total. The Labute approximate surface area is 163 Å². The highest BCUT2D eigenvalue weighted by Crippen LogP contribution is 2.22. The van der Waals surface area contributed by atoms with Crippen molar-refractivity contribution in [3.8, 4) is 0 Å². The van der Waals surface area contributed by atoms with Crippen LogP contribution in [0.4, 0.5) is 4.39 Å². The van der Waals surface area contributed by atoms with Crippen LogP contribution < -0.4 is 0 Å². The minimum absolute atomic E-state index is 0.114. The Morgan fingerprint density at radius 3 is 2.73 bits per heavy atom. The third-order valence-electron chi connectivity index (χ3n) is 4.68. The van der Waals surface area contributed by atoms with Gasteiger partial charge in [-0.15, -0.1) is 11.3 Å². The summed E-state index contributed by atoms with van der Waals surface area (Å²) < 4.78 is 16.3. The third kappa shape index (κ3) is 3.67. The van der Waals surface area contributed by atoms with E-state index in [0.29, 0.717) is 5.52 Å². The van der Waals surface area contributed by atoms with Gasteiger partial charge in [0.25, 0.3) is 5.91 Å². The van der Waals surface area contributed by atoms with Crippen molar-refractivity contribution in [2.24, 2.45) is 0 Å². The Balaban J connectivity index is 1.31. The summed E-state index contributed by atoms with van der Waals surface area (Å²) in [4.78, 5) is 21.8. The molecule has 0 spiro atoms. The van der Waals surface area contributed by atoms with Crippen LogP contribution in [0.5, 0.6) is 0 Å². The molecule has 1 fully saturated rings. The molecular formula is C18H18BrFN4OS. The van der Waals surface area contributed by atoms with Crippen LogP contribution >= 0.6 is 27.3 Å². The molecule has 1 saturated heterocycles. The normalized spacial score (nSPS) is 15.7. The Hall–Kier alpha value is -1.77. The van der Waals surface area contributed by atoms with E-state index in [1.54, 1.807) is 12.4 Å². The number of nitrogens with zero attached hydrogens (tertiary/aromatic N) is 4. The smallest absolute Gasteiger partial charge is 0.264 e. The molecule has 3 aromatic rings. The number of hydrogen-bond donors (Lipinski definition) is 0. The van der Waals surface area contributed by atoms with Gasteiger partial charge in [-0.1, -0.05) is 0 Å². The number of benzene rings is 1. The van der Waals surface area contributed by atoms with Gasteiger partial charge >= 0.3 is 0 Å². The van der Waals surface area contributed by atoms with E-state index in [-0.39, 0.29) is 11.7 Å². The quantitative estimate of drug-likeness (QED) is 0.628. The van der Waals surface area contributed by atoms with E-state index in [0.717, 1.165) is 54.1 Å². The first-order valence-electron chi connectivity index (χ1n) is 8.46. The molecule has 2 aromatic heterocycles. The maximum atomic E-state index is 13.3. The van der Waals surface area contributed by atoms with Gasteiger partial charge in [-0.05, 0) is 34.1 Å². The summed E-state index contributed by atoms with van der Waals surface area (Å²) in [6.07, 6.45) is 1.76. The number of halogens is 2. The molecule has 1 aliphatic rings. The molecule has 1 aromatic carbocycles. The number of hydrogen-bond acceptors (Lipinski definition) is 4. The van der Waals surface area contributed by atoms with Crippen LogP contribution in [0.3, 0.4) is 0 Å². The average Bonchev–Trinajstić information content (AvgIpc) is 3.25. The van der Waals surface area contributed by atoms with Crippen molar-refractivity contribution in [3.63, 3.8) is 0 Å². The number of carbonyl (C=O) groups excluding carboxylic acids is 1. The first kappa shape index (κ1) is 17.6. The first-order chi connectivity index (χ1) is 12.6. The van der Waals surface area contributed by atoms with Crippen molar-refractivity contribution in [1.82, 2.24) is 19.4 Å². The molecule has 0 bridgehead atoms. The standard InChI is InChI=1S/C18H18BrFN4OS/c19-13-9-17(26-11-13)18(25)23-6-3-22(4-7-23)5-8-24-12-21-15-10-14(20)1-2-16(15)24/h1-2,9-12H,3-8H2. The second-order valence-electron chi connectivity index (χ2n) is 6.33. The lowest BCUT2D eigenvalue weighted by atomic mass is 10.3. The molecule has 4 rings (SSSR count). The predicted molar refractivity (Wildman–Crippen MR) is 104 cm³/mol. The minimum atomic E-state index is -0.263. The number of rotatable bonds is 4. The Morgan fingerprint density at radius 2 is 2.00 bits per heavy atom. The molecule has 136 valence electrons. The summed E-state index contributed by atoms with van der Waals surface area (Å²) in [5, 5.41) is 1.94. The van der Waals surface area contributed by atoms with Crippen LogP contribution in [0, 0.1) is 5.82 Å². The topological polar surface area (TPSA) is 41.4 Å². The van der Waals surface area contributed by atoms with Crippen LogP contribution in [0.1, 0.15) is 9.67 Å². The van der Waals surface area contributed by atoms with Gasteiger partial charge in [0, 0.05) is 55.2 Å². The van der Waals surface area contributed by atoms with E-state index >= 15 is 0 Å². The lowest BCUT2D eigenvalue weighted by molar-refractivity contribution is 0.0638. The van der Waals surface area contributed by atoms with Gasteiger partial charge in [0.2, 0.25) is 0 Å². The monoisotopic (exact) mass is 436 g/mol. The lowest BCUT2D eigenvalue weighted by Gasteiger charge is -2.34. The molecule has 8 heteroatoms. The van der Waals surface area contributed by atoms with Gasteiger partial charge in [-0.2, -0.15) is 0 Å². The van der Waals surface area contributed by atoms with E-state index in [4.69, 9.17) is 0 Å². The molecule has 0 unspecified atom stereocenters. The fraction of sp³-hybridized carbons (Fsp3) is 0.333. The highest BCUT2D eigenvalue weighted by Gasteiger charge is 2.23. The maximum absolute atomic E-state index is 13.3. The summed E-state index contributed by atoms with van der Waals surface area (Å²) in [5.74, 6) is -0.149. The number of fused-ring (bicyclic) bond motifs is 1. The zero-order valence-electron chi connectivity index (χ0n) is 14.1. The van der Waals surface area contributed by atoms with Crippen LogP contribution in [0.25, 0.3) is 11.0 Å². The highest BCUT2D eigenvalue weighted by molar-refractivity contribution is 9.10. The molecule has 1 amide bonds. The zero-order chi connectivity index (χ0) is 18.1. The van der Waals surface area contributed by atoms with Crippen molar-refractivity contribution in [2.45, 2.75) is 6.54 Å². The molecular weight excluding hydrogens is 419 g/mol. The van der Waals surface area contributed by atoms with Crippen LogP contribution in [0.2, 0.25) is 0 Å². The Bertz CT molecular complexity index is 932. The van der Waals surface area contributed by atoms with E-state index in [1.165, 1.54) is 23.5 Å². The van der Waals surface area contributed by atoms with E-state index in [1.807, 2.05) is 16.3 Å². The molecule has 3 heterocycles. The number of amides is 1. The van der Waals surface area contributed by atoms with Gasteiger partial charge < -0.3 is 9.47 Å². The molecule has 0 radical (unpaired) electrons. The lowest BCUT2D eigenvalue weighted by Crippen LogP contribution is -2.49. The largest absolute Gasteiger partial charge is 0.335 e. The number of piperazine rings is 1. The molecule has 0 atom stereocenters. The second kappa shape index (κ2) is 7.46. The zero-order valence-corrected chi connectivity index (χ0v) is 16.5. The molecule has 0 aliphatic carbocycles. The average molecular weight is 437 g/mol. The fourth-order valence-corrected chi connectivity index (χ4v) is 4.61. The SMILES string of the molecule is O=C(c1cc(Br)cs1)N1CCN(CCn2cnc3cc(F)ccc32)CC1. The Morgan fingerprint density at radius 1 is 1.19 bits per heavy atom. The van der Waals surface area contributed by atoms with Gasteiger partial charge in [0.15, 0.2) is 0 Å². The van der Waals surface area contributed by atoms with Crippen molar-refractivity contribution in [2.75, 3.05) is 32.7 Å². The van der Waals surface area contributed by atoms with Gasteiger partial charge in [-0.25, -0.2) is 9.37 Å². The second-order valence-corrected chi connectivity index (χ2v) is 8.16. The van der Waals surface area contributed by atoms with E-state index in [2.05, 4.69) is 30.4 Å².